The van der Waals surface area contributed by atoms with E-state index in [0.29, 0.717) is 43.4 Å². The van der Waals surface area contributed by atoms with Gasteiger partial charge in [-0.25, -0.2) is 4.98 Å². The number of carbonyl (C=O) groups excluding carboxylic acids is 1. The molecule has 1 aliphatic rings. The van der Waals surface area contributed by atoms with Crippen LogP contribution in [0.3, 0.4) is 0 Å². The van der Waals surface area contributed by atoms with Gasteiger partial charge in [0.1, 0.15) is 5.69 Å². The van der Waals surface area contributed by atoms with Crippen molar-refractivity contribution in [2.75, 3.05) is 39.4 Å². The van der Waals surface area contributed by atoms with Gasteiger partial charge in [-0.3, -0.25) is 9.79 Å². The molecule has 1 amide bonds. The average molecular weight is 556 g/mol. The van der Waals surface area contributed by atoms with Gasteiger partial charge in [-0.15, -0.1) is 15.6 Å². The molecular formula is C28H37N5O3S2. The predicted molar refractivity (Wildman–Crippen MR) is 156 cm³/mol. The quantitative estimate of drug-likeness (QED) is 0.167. The minimum Gasteiger partial charge on any atom is -0.593 e. The molecule has 1 saturated heterocycles. The number of nitrogens with zero attached hydrogens (tertiary/aromatic N) is 3. The van der Waals surface area contributed by atoms with Crippen LogP contribution in [-0.2, 0) is 29.1 Å². The van der Waals surface area contributed by atoms with E-state index in [2.05, 4.69) is 27.2 Å². The Bertz CT molecular complexity index is 1160. The highest BCUT2D eigenvalue weighted by Gasteiger charge is 2.27. The third-order valence-corrected chi connectivity index (χ3v) is 8.22. The third-order valence-electron chi connectivity index (χ3n) is 5.70. The zero-order valence-electron chi connectivity index (χ0n) is 22.4. The molecule has 1 aliphatic heterocycles. The zero-order valence-corrected chi connectivity index (χ0v) is 24.0. The van der Waals surface area contributed by atoms with Crippen LogP contribution < -0.4 is 10.6 Å². The van der Waals surface area contributed by atoms with E-state index in [1.54, 1.807) is 11.5 Å². The van der Waals surface area contributed by atoms with Crippen LogP contribution in [0.4, 0.5) is 0 Å². The average Bonchev–Trinajstić information content (AvgIpc) is 3.41. The predicted octanol–water partition coefficient (Wildman–Crippen LogP) is 4.06. The molecule has 0 aliphatic carbocycles. The van der Waals surface area contributed by atoms with Crippen LogP contribution in [0.15, 0.2) is 75.6 Å². The highest BCUT2D eigenvalue weighted by molar-refractivity contribution is 7.89. The number of amides is 1. The summed E-state index contributed by atoms with van der Waals surface area (Å²) in [6.07, 6.45) is 6.30. The number of allylic oxidation sites excluding steroid dienone is 4. The highest BCUT2D eigenvalue weighted by Crippen LogP contribution is 2.21. The van der Waals surface area contributed by atoms with E-state index >= 15 is 0 Å². The summed E-state index contributed by atoms with van der Waals surface area (Å²) in [6.45, 7) is 13.9. The van der Waals surface area contributed by atoms with E-state index in [-0.39, 0.29) is 12.5 Å². The lowest BCUT2D eigenvalue weighted by atomic mass is 10.2. The Balaban J connectivity index is 1.47. The maximum absolute atomic E-state index is 13.1. The minimum atomic E-state index is -1.29. The van der Waals surface area contributed by atoms with Crippen molar-refractivity contribution in [3.8, 4) is 0 Å². The lowest BCUT2D eigenvalue weighted by Gasteiger charge is -2.28. The molecule has 0 radical (unpaired) electrons. The van der Waals surface area contributed by atoms with Crippen LogP contribution in [0.5, 0.6) is 0 Å². The second-order valence-corrected chi connectivity index (χ2v) is 11.4. The molecule has 2 N–H and O–H groups in total. The van der Waals surface area contributed by atoms with Gasteiger partial charge >= 0.3 is 0 Å². The summed E-state index contributed by atoms with van der Waals surface area (Å²) in [6, 6.07) is 7.51. The van der Waals surface area contributed by atoms with Gasteiger partial charge < -0.3 is 19.9 Å². The molecule has 10 heteroatoms. The number of carbonyl (C=O) groups is 1. The molecule has 1 atom stereocenters. The van der Waals surface area contributed by atoms with Crippen LogP contribution in [0, 0.1) is 0 Å². The summed E-state index contributed by atoms with van der Waals surface area (Å²) >= 11 is 0.184. The maximum atomic E-state index is 13.1. The number of morpholine rings is 1. The number of thiazole rings is 1. The number of benzene rings is 1. The fourth-order valence-corrected chi connectivity index (χ4v) is 5.75. The summed E-state index contributed by atoms with van der Waals surface area (Å²) in [4.78, 5) is 22.6. The summed E-state index contributed by atoms with van der Waals surface area (Å²) in [5.74, 6) is -0.239. The minimum absolute atomic E-state index is 0.239. The number of aliphatic imine (C=N–C) groups is 1. The number of hydrogen-bond donors (Lipinski definition) is 2. The Morgan fingerprint density at radius 1 is 1.29 bits per heavy atom. The zero-order chi connectivity index (χ0) is 27.3. The van der Waals surface area contributed by atoms with Crippen LogP contribution in [0.25, 0.3) is 0 Å². The number of hydrogen-bond acceptors (Lipinski definition) is 8. The Morgan fingerprint density at radius 3 is 2.79 bits per heavy atom. The van der Waals surface area contributed by atoms with Gasteiger partial charge in [-0.2, -0.15) is 0 Å². The smallest absolute Gasteiger partial charge is 0.271 e. The first-order valence-electron chi connectivity index (χ1n) is 12.7. The molecule has 2 aromatic rings. The molecule has 1 aromatic heterocycles. The van der Waals surface area contributed by atoms with Gasteiger partial charge in [0.25, 0.3) is 5.91 Å². The first-order valence-corrected chi connectivity index (χ1v) is 14.6. The van der Waals surface area contributed by atoms with Crippen LogP contribution in [0.1, 0.15) is 41.8 Å². The fraction of sp³-hybridized carbons (Fsp3) is 0.393. The van der Waals surface area contributed by atoms with E-state index in [9.17, 15) is 9.35 Å². The van der Waals surface area contributed by atoms with Crippen molar-refractivity contribution in [3.05, 3.63) is 82.0 Å². The van der Waals surface area contributed by atoms with Gasteiger partial charge in [0.2, 0.25) is 0 Å². The Labute approximate surface area is 232 Å². The number of aromatic nitrogens is 1. The van der Waals surface area contributed by atoms with Crippen molar-refractivity contribution in [1.82, 2.24) is 19.9 Å². The van der Waals surface area contributed by atoms with Crippen molar-refractivity contribution in [2.45, 2.75) is 38.6 Å². The van der Waals surface area contributed by atoms with Gasteiger partial charge in [0.15, 0.2) is 4.90 Å². The van der Waals surface area contributed by atoms with E-state index in [1.807, 2.05) is 61.5 Å². The van der Waals surface area contributed by atoms with E-state index in [1.165, 1.54) is 11.3 Å². The lowest BCUT2D eigenvalue weighted by molar-refractivity contribution is 0.0730. The summed E-state index contributed by atoms with van der Waals surface area (Å²) < 4.78 is 20.3. The van der Waals surface area contributed by atoms with Gasteiger partial charge in [-0.1, -0.05) is 42.5 Å². The summed E-state index contributed by atoms with van der Waals surface area (Å²) in [7, 11) is 0. The maximum Gasteiger partial charge on any atom is 0.271 e. The molecule has 2 heterocycles. The molecule has 0 bridgehead atoms. The summed E-state index contributed by atoms with van der Waals surface area (Å²) in [5.41, 5.74) is 4.30. The van der Waals surface area contributed by atoms with Crippen LogP contribution in [-0.4, -0.2) is 64.9 Å². The third kappa shape index (κ3) is 9.30. The molecule has 1 unspecified atom stereocenters. The van der Waals surface area contributed by atoms with Gasteiger partial charge in [0.05, 0.1) is 48.4 Å². The van der Waals surface area contributed by atoms with Crippen molar-refractivity contribution in [3.63, 3.8) is 0 Å². The van der Waals surface area contributed by atoms with Gasteiger partial charge in [-0.05, 0) is 32.9 Å². The molecule has 3 rings (SSSR count). The number of nitrogens with one attached hydrogen (secondary N) is 2. The van der Waals surface area contributed by atoms with E-state index in [0.717, 1.165) is 40.5 Å². The fourth-order valence-electron chi connectivity index (χ4n) is 3.65. The monoisotopic (exact) mass is 555 g/mol. The van der Waals surface area contributed by atoms with Crippen molar-refractivity contribution in [2.24, 2.45) is 4.99 Å². The van der Waals surface area contributed by atoms with Gasteiger partial charge in [0, 0.05) is 42.7 Å². The molecule has 0 spiro atoms. The molecule has 204 valence electrons. The Hall–Kier alpha value is -2.60. The van der Waals surface area contributed by atoms with E-state index in [4.69, 9.17) is 4.74 Å². The van der Waals surface area contributed by atoms with Crippen molar-refractivity contribution < 1.29 is 14.1 Å². The molecular weight excluding hydrogens is 518 g/mol. The first kappa shape index (κ1) is 29.9. The van der Waals surface area contributed by atoms with Crippen molar-refractivity contribution >= 4 is 34.3 Å². The largest absolute Gasteiger partial charge is 0.593 e. The standard InChI is InChI=1S/C28H37N5O3S2/c1-5-6-10-24(21(2)3)31-22(4)18-29-13-12-27-32-25(20-37-27)28(34)30-19-23-9-7-8-11-26(23)38(35)33-14-16-36-17-15-33/h5-11,20,29H,1,12-19H2,2-4H3,(H,30,34)/b10-6-,31-22+. The molecule has 0 saturated carbocycles. The second-order valence-electron chi connectivity index (χ2n) is 8.96. The second kappa shape index (κ2) is 15.7. The lowest BCUT2D eigenvalue weighted by Crippen LogP contribution is -2.41. The van der Waals surface area contributed by atoms with Crippen molar-refractivity contribution in [1.29, 1.82) is 0 Å². The SMILES string of the molecule is C=C/C=C\C(/N=C(\C)CNCCc1nc(C(=O)NCc2ccccc2[S+]([O-])N2CCOCC2)cs1)=C(C)C. The molecule has 1 aromatic carbocycles. The number of rotatable bonds is 13. The molecule has 1 fully saturated rings. The van der Waals surface area contributed by atoms with Crippen LogP contribution >= 0.6 is 11.3 Å². The normalized spacial score (nSPS) is 15.4. The van der Waals surface area contributed by atoms with Crippen LogP contribution in [0.2, 0.25) is 0 Å². The van der Waals surface area contributed by atoms with E-state index < -0.39 is 11.4 Å². The molecule has 8 nitrogen and oxygen atoms in total. The highest BCUT2D eigenvalue weighted by atomic mass is 32.2. The summed E-state index contributed by atoms with van der Waals surface area (Å²) in [5, 5.41) is 9.00. The topological polar surface area (TPSA) is 102 Å². The first-order chi connectivity index (χ1) is 18.4. The Kier molecular flexibility index (Phi) is 12.4. The molecule has 38 heavy (non-hydrogen) atoms. The Morgan fingerprint density at radius 2 is 2.05 bits per heavy atom. The number of ether oxygens (including phenoxy) is 1.